The minimum atomic E-state index is -1.81. The highest BCUT2D eigenvalue weighted by molar-refractivity contribution is 6.01. The predicted molar refractivity (Wildman–Crippen MR) is 480 cm³/mol. The minimum Gasteiger partial charge on any atom is -0.480 e. The van der Waals surface area contributed by atoms with Gasteiger partial charge in [-0.2, -0.15) is 0 Å². The van der Waals surface area contributed by atoms with Crippen molar-refractivity contribution < 1.29 is 87.2 Å². The molecule has 0 saturated carbocycles. The molecular formula is C88H147N21O18. The first-order chi connectivity index (χ1) is 60.5. The van der Waals surface area contributed by atoms with Gasteiger partial charge in [0.15, 0.2) is 0 Å². The van der Waals surface area contributed by atoms with Gasteiger partial charge in [-0.25, -0.2) is 0 Å². The van der Waals surface area contributed by atoms with Gasteiger partial charge in [-0.05, 0) is 215 Å². The van der Waals surface area contributed by atoms with E-state index in [0.29, 0.717) is 99.3 Å². The van der Waals surface area contributed by atoms with Crippen LogP contribution in [0.2, 0.25) is 0 Å². The number of carbonyl (C=O) groups is 15. The Kier molecular flexibility index (Phi) is 50.6. The normalized spacial score (nSPS) is 16.2. The Morgan fingerprint density at radius 2 is 0.748 bits per heavy atom. The number of rotatable bonds is 63. The van der Waals surface area contributed by atoms with E-state index >= 15 is 9.59 Å². The van der Waals surface area contributed by atoms with E-state index in [1.165, 1.54) is 6.92 Å². The Bertz CT molecular complexity index is 3960. The molecule has 2 heterocycles. The van der Waals surface area contributed by atoms with Crippen LogP contribution < -0.4 is 108 Å². The van der Waals surface area contributed by atoms with Crippen LogP contribution in [0.5, 0.6) is 0 Å². The summed E-state index contributed by atoms with van der Waals surface area (Å²) in [6, 6.07) is -3.35. The average molecular weight is 1790 g/mol. The molecule has 4 rings (SSSR count). The van der Waals surface area contributed by atoms with Gasteiger partial charge in [0.05, 0.1) is 18.8 Å². The van der Waals surface area contributed by atoms with Crippen molar-refractivity contribution in [1.29, 1.82) is 0 Å². The predicted octanol–water partition coefficient (Wildman–Crippen LogP) is -1.59. The zero-order chi connectivity index (χ0) is 94.2. The minimum absolute atomic E-state index is 0.0126. The maximum atomic E-state index is 15.1. The fraction of sp³-hybridized carbons (Fsp3) is 0.670. The average Bonchev–Trinajstić information content (AvgIpc) is 1.73. The SMILES string of the molecule is CC[C@H](C)[C@H](NC(=O)[C@H](CCCCN)NC(=O)[C@H](CCCCN)NC(=O)[C@H](Cc1c[nH]c2ccccc12)NC(=O)[C@H](CCCCN)NC(=O)[C@H](CO)NC(=O)[C@H](CC(C)C)NC(=O)[C@H](Cc1ccccc1)NC(=O)[C@@H](NC(=O)[C@H](CCCCN)NC(=O)[C@H](CC(C)C)NC(=O)[C@H](CC(C)C)NC(=O)[C@H](CCCCN)NC(=O)[C@@H]1CCCN1)[C@@H](C)O)C(=O)NCC(=O)O. The summed E-state index contributed by atoms with van der Waals surface area (Å²) in [4.78, 5) is 217. The van der Waals surface area contributed by atoms with Gasteiger partial charge < -0.3 is 129 Å². The van der Waals surface area contributed by atoms with Crippen LogP contribution in [0.4, 0.5) is 0 Å². The van der Waals surface area contributed by atoms with Crippen LogP contribution in [0.15, 0.2) is 60.8 Å². The summed E-state index contributed by atoms with van der Waals surface area (Å²) in [6.07, 6.45) is 5.41. The van der Waals surface area contributed by atoms with Crippen LogP contribution in [0, 0.1) is 23.7 Å². The molecule has 712 valence electrons. The molecule has 29 N–H and O–H groups in total. The number of aliphatic carboxylic acids is 1. The maximum absolute atomic E-state index is 15.1. The number of carboxylic acid groups (broad SMARTS) is 1. The molecule has 3 aromatic rings. The number of nitrogens with two attached hydrogens (primary N) is 5. The third-order valence-corrected chi connectivity index (χ3v) is 22.0. The Balaban J connectivity index is 1.64. The van der Waals surface area contributed by atoms with Crippen LogP contribution in [0.25, 0.3) is 10.9 Å². The second-order valence-corrected chi connectivity index (χ2v) is 34.3. The van der Waals surface area contributed by atoms with Crippen LogP contribution in [-0.2, 0) is 84.8 Å². The van der Waals surface area contributed by atoms with Crippen molar-refractivity contribution in [1.82, 2.24) is 84.7 Å². The van der Waals surface area contributed by atoms with Gasteiger partial charge in [0.25, 0.3) is 0 Å². The smallest absolute Gasteiger partial charge is 0.322 e. The Labute approximate surface area is 745 Å². The van der Waals surface area contributed by atoms with Crippen LogP contribution in [-0.4, -0.2) is 252 Å². The lowest BCUT2D eigenvalue weighted by atomic mass is 9.97. The highest BCUT2D eigenvalue weighted by atomic mass is 16.4. The van der Waals surface area contributed by atoms with Crippen LogP contribution in [0.1, 0.15) is 208 Å². The number of aromatic nitrogens is 1. The second-order valence-electron chi connectivity index (χ2n) is 34.3. The molecule has 0 bridgehead atoms. The summed E-state index contributed by atoms with van der Waals surface area (Å²) in [5.74, 6) is -14.1. The number of carboxylic acids is 1. The number of aliphatic hydroxyl groups is 2. The number of hydrogen-bond donors (Lipinski definition) is 24. The van der Waals surface area contributed by atoms with E-state index in [0.717, 1.165) is 6.42 Å². The number of para-hydroxylation sites is 1. The van der Waals surface area contributed by atoms with Gasteiger partial charge in [-0.15, -0.1) is 0 Å². The first kappa shape index (κ1) is 109. The van der Waals surface area contributed by atoms with E-state index in [1.807, 2.05) is 27.7 Å². The van der Waals surface area contributed by atoms with Gasteiger partial charge in [0.1, 0.15) is 85.1 Å². The molecule has 39 nitrogen and oxygen atoms in total. The zero-order valence-electron chi connectivity index (χ0n) is 75.5. The molecule has 39 heteroatoms. The summed E-state index contributed by atoms with van der Waals surface area (Å²) in [5, 5.41) is 72.9. The maximum Gasteiger partial charge on any atom is 0.322 e. The quantitative estimate of drug-likeness (QED) is 0.0283. The Morgan fingerprint density at radius 3 is 1.13 bits per heavy atom. The highest BCUT2D eigenvalue weighted by Gasteiger charge is 2.40. The molecule has 1 aromatic heterocycles. The van der Waals surface area contributed by atoms with Gasteiger partial charge in [-0.3, -0.25) is 71.9 Å². The first-order valence-electron chi connectivity index (χ1n) is 45.1. The molecule has 1 aliphatic heterocycles. The fourth-order valence-electron chi connectivity index (χ4n) is 14.7. The standard InChI is InChI=1S/C88H147N21O18/c1-10-54(8)73(87(126)96-49-72(112)113)108-79(118)64(34-19-24-40-92)98-76(115)61(31-16-21-37-89)99-85(124)70(47-57-48-95-59-30-15-14-29-58(57)59)105-78(117)63(33-18-23-39-91)101-86(125)71(50-110)107-83(122)68(45-53(6)7)104-84(123)69(46-56-27-12-11-13-28-56)106-88(127)74(55(9)111)109-80(119)65(35-20-25-41-93)100-81(120)66(43-51(2)3)103-82(121)67(44-52(4)5)102-77(116)62(32-17-22-38-90)97-75(114)60-36-26-42-94-60/h11-15,27-30,48,51-55,60-71,73-74,94-95,110-111H,10,16-26,31-47,49-50,89-93H2,1-9H3,(H,96,126)(H,97,114)(H,98,115)(H,99,124)(H,100,120)(H,101,125)(H,102,116)(H,103,121)(H,104,123)(H,105,117)(H,106,127)(H,107,122)(H,108,118)(H,109,119)(H,112,113)/t54-,55+,60-,61-,62-,63-,64-,65-,66-,67-,68-,69-,70-,71-,73-,74-/m0/s1. The lowest BCUT2D eigenvalue weighted by Crippen LogP contribution is -2.62. The van der Waals surface area contributed by atoms with Crippen molar-refractivity contribution >= 4 is 99.6 Å². The summed E-state index contributed by atoms with van der Waals surface area (Å²) in [6.45, 7) is 15.5. The fourth-order valence-corrected chi connectivity index (χ4v) is 14.7. The largest absolute Gasteiger partial charge is 0.480 e. The molecule has 2 aromatic carbocycles. The van der Waals surface area contributed by atoms with E-state index in [9.17, 15) is 77.6 Å². The molecule has 14 amide bonds. The Morgan fingerprint density at radius 1 is 0.402 bits per heavy atom. The van der Waals surface area contributed by atoms with Crippen molar-refractivity contribution in [2.45, 2.75) is 301 Å². The first-order valence-corrected chi connectivity index (χ1v) is 45.1. The number of aliphatic hydroxyl groups excluding tert-OH is 2. The van der Waals surface area contributed by atoms with Gasteiger partial charge >= 0.3 is 5.97 Å². The van der Waals surface area contributed by atoms with Crippen LogP contribution >= 0.6 is 0 Å². The number of carbonyl (C=O) groups excluding carboxylic acids is 14. The van der Waals surface area contributed by atoms with Gasteiger partial charge in [0, 0.05) is 29.9 Å². The number of nitrogens with one attached hydrogen (secondary N) is 16. The number of amides is 14. The topological polar surface area (TPSA) is 643 Å². The van der Waals surface area contributed by atoms with Crippen molar-refractivity contribution in [3.8, 4) is 0 Å². The van der Waals surface area contributed by atoms with Gasteiger partial charge in [0.2, 0.25) is 82.7 Å². The van der Waals surface area contributed by atoms with Gasteiger partial charge in [-0.1, -0.05) is 110 Å². The third-order valence-electron chi connectivity index (χ3n) is 22.0. The molecule has 1 saturated heterocycles. The Hall–Kier alpha value is -10.3. The molecule has 1 aliphatic rings. The number of aromatic amines is 1. The number of fused-ring (bicyclic) bond motifs is 1. The van der Waals surface area contributed by atoms with E-state index in [1.54, 1.807) is 88.5 Å². The molecular weight excluding hydrogens is 1640 g/mol. The van der Waals surface area contributed by atoms with E-state index in [-0.39, 0.29) is 127 Å². The van der Waals surface area contributed by atoms with Crippen LogP contribution in [0.3, 0.4) is 0 Å². The third kappa shape index (κ3) is 39.5. The lowest BCUT2D eigenvalue weighted by molar-refractivity contribution is -0.139. The number of H-pyrrole nitrogens is 1. The van der Waals surface area contributed by atoms with Crippen molar-refractivity contribution in [2.75, 3.05) is 52.4 Å². The van der Waals surface area contributed by atoms with Crippen molar-refractivity contribution in [3.05, 3.63) is 71.9 Å². The number of hydrogen-bond acceptors (Lipinski definition) is 23. The molecule has 127 heavy (non-hydrogen) atoms. The molecule has 16 atom stereocenters. The lowest BCUT2D eigenvalue weighted by Gasteiger charge is -2.30. The molecule has 0 unspecified atom stereocenters. The summed E-state index contributed by atoms with van der Waals surface area (Å²) >= 11 is 0. The monoisotopic (exact) mass is 1790 g/mol. The molecule has 1 fully saturated rings. The van der Waals surface area contributed by atoms with E-state index in [4.69, 9.17) is 28.7 Å². The van der Waals surface area contributed by atoms with Crippen molar-refractivity contribution in [3.63, 3.8) is 0 Å². The van der Waals surface area contributed by atoms with E-state index in [2.05, 4.69) is 84.7 Å². The molecule has 0 aliphatic carbocycles. The summed E-state index contributed by atoms with van der Waals surface area (Å²) in [7, 11) is 0. The highest BCUT2D eigenvalue weighted by Crippen LogP contribution is 2.22. The second kappa shape index (κ2) is 59.0. The zero-order valence-corrected chi connectivity index (χ0v) is 75.5. The number of unbranched alkanes of at least 4 members (excludes halogenated alkanes) is 5. The van der Waals surface area contributed by atoms with Crippen molar-refractivity contribution in [2.24, 2.45) is 52.3 Å². The summed E-state index contributed by atoms with van der Waals surface area (Å²) < 4.78 is 0. The molecule has 0 radical (unpaired) electrons. The van der Waals surface area contributed by atoms with E-state index < -0.39 is 193 Å². The number of benzene rings is 2. The summed E-state index contributed by atoms with van der Waals surface area (Å²) in [5.41, 5.74) is 31.0. The molecule has 0 spiro atoms.